The maximum absolute atomic E-state index is 13.3. The Morgan fingerprint density at radius 1 is 1.05 bits per heavy atom. The van der Waals surface area contributed by atoms with Crippen molar-refractivity contribution >= 4 is 10.9 Å². The Balaban J connectivity index is 1.50. The summed E-state index contributed by atoms with van der Waals surface area (Å²) >= 11 is 0. The normalized spacial score (nSPS) is 11.7. The molecule has 4 aromatic heterocycles. The number of ether oxygens (including phenoxy) is 1. The molecule has 0 atom stereocenters. The van der Waals surface area contributed by atoms with Gasteiger partial charge in [-0.1, -0.05) is 17.3 Å². The third-order valence-corrected chi connectivity index (χ3v) is 6.37. The molecule has 0 unspecified atom stereocenters. The third-order valence-electron chi connectivity index (χ3n) is 6.37. The molecule has 0 bridgehead atoms. The van der Waals surface area contributed by atoms with E-state index in [2.05, 4.69) is 10.1 Å². The lowest BCUT2D eigenvalue weighted by atomic mass is 10.0. The molecule has 0 aliphatic heterocycles. The minimum Gasteiger partial charge on any atom is -0.487 e. The van der Waals surface area contributed by atoms with Crippen molar-refractivity contribution in [2.45, 2.75) is 40.1 Å². The molecular formula is C28H23F3N4O3. The standard InChI is InChI=1S/C28H23F3N4O3/c1-16-9-10-32-24(13-35-11-5-7-23(27(35)36)28(29,30)31)21(16)14-37-25-8-4-6-19-20(12-17(2)33-26(19)25)22-15-38-34-18(22)3/h4-12,15H,13-14H2,1-3H3. The van der Waals surface area contributed by atoms with Crippen molar-refractivity contribution in [1.29, 1.82) is 0 Å². The molecule has 0 radical (unpaired) electrons. The zero-order valence-electron chi connectivity index (χ0n) is 20.8. The minimum atomic E-state index is -4.74. The number of aryl methyl sites for hydroxylation is 3. The molecule has 38 heavy (non-hydrogen) atoms. The fourth-order valence-corrected chi connectivity index (χ4v) is 4.41. The molecule has 4 heterocycles. The lowest BCUT2D eigenvalue weighted by molar-refractivity contribution is -0.138. The second-order valence-electron chi connectivity index (χ2n) is 8.97. The summed E-state index contributed by atoms with van der Waals surface area (Å²) in [5.41, 5.74) is 3.57. The molecule has 7 nitrogen and oxygen atoms in total. The van der Waals surface area contributed by atoms with E-state index in [0.717, 1.165) is 44.1 Å². The van der Waals surface area contributed by atoms with Gasteiger partial charge in [0.2, 0.25) is 0 Å². The molecule has 10 heteroatoms. The predicted molar refractivity (Wildman–Crippen MR) is 135 cm³/mol. The highest BCUT2D eigenvalue weighted by molar-refractivity contribution is 5.97. The molecule has 0 aliphatic rings. The first-order valence-corrected chi connectivity index (χ1v) is 11.8. The summed E-state index contributed by atoms with van der Waals surface area (Å²) in [6, 6.07) is 11.3. The molecule has 0 aliphatic carbocycles. The van der Waals surface area contributed by atoms with Crippen LogP contribution in [0.5, 0.6) is 5.75 Å². The van der Waals surface area contributed by atoms with Crippen molar-refractivity contribution in [2.75, 3.05) is 0 Å². The largest absolute Gasteiger partial charge is 0.487 e. The first kappa shape index (κ1) is 25.2. The van der Waals surface area contributed by atoms with E-state index in [0.29, 0.717) is 22.5 Å². The van der Waals surface area contributed by atoms with Gasteiger partial charge in [-0.15, -0.1) is 0 Å². The van der Waals surface area contributed by atoms with E-state index < -0.39 is 17.3 Å². The van der Waals surface area contributed by atoms with Gasteiger partial charge in [-0.2, -0.15) is 13.2 Å². The predicted octanol–water partition coefficient (Wildman–Crippen LogP) is 6.02. The first-order valence-electron chi connectivity index (χ1n) is 11.8. The van der Waals surface area contributed by atoms with Crippen molar-refractivity contribution in [1.82, 2.24) is 19.7 Å². The molecule has 0 spiro atoms. The van der Waals surface area contributed by atoms with Crippen LogP contribution < -0.4 is 10.3 Å². The molecule has 0 fully saturated rings. The fraction of sp³-hybridized carbons (Fsp3) is 0.214. The van der Waals surface area contributed by atoms with E-state index in [-0.39, 0.29) is 13.2 Å². The maximum atomic E-state index is 13.3. The fourth-order valence-electron chi connectivity index (χ4n) is 4.41. The van der Waals surface area contributed by atoms with Crippen molar-refractivity contribution in [3.8, 4) is 16.9 Å². The van der Waals surface area contributed by atoms with Crippen LogP contribution in [-0.2, 0) is 19.3 Å². The van der Waals surface area contributed by atoms with Gasteiger partial charge in [0.15, 0.2) is 0 Å². The Kier molecular flexibility index (Phi) is 6.48. The highest BCUT2D eigenvalue weighted by Gasteiger charge is 2.34. The van der Waals surface area contributed by atoms with Gasteiger partial charge >= 0.3 is 6.18 Å². The zero-order chi connectivity index (χ0) is 27.0. The molecular weight excluding hydrogens is 497 g/mol. The zero-order valence-corrected chi connectivity index (χ0v) is 20.8. The molecule has 0 N–H and O–H groups in total. The van der Waals surface area contributed by atoms with Crippen molar-refractivity contribution in [2.24, 2.45) is 0 Å². The van der Waals surface area contributed by atoms with Crippen molar-refractivity contribution in [3.63, 3.8) is 0 Å². The molecule has 194 valence electrons. The SMILES string of the molecule is Cc1cc(-c2conc2C)c2cccc(OCc3c(C)ccnc3Cn3cccc(C(F)(F)F)c3=O)c2n1. The number of fused-ring (bicyclic) bond motifs is 1. The van der Waals surface area contributed by atoms with Gasteiger partial charge in [-0.25, -0.2) is 4.98 Å². The van der Waals surface area contributed by atoms with Crippen LogP contribution in [0.1, 0.15) is 33.8 Å². The summed E-state index contributed by atoms with van der Waals surface area (Å²) in [7, 11) is 0. The molecule has 0 saturated heterocycles. The van der Waals surface area contributed by atoms with Crippen LogP contribution >= 0.6 is 0 Å². The second-order valence-corrected chi connectivity index (χ2v) is 8.97. The average molecular weight is 521 g/mol. The summed E-state index contributed by atoms with van der Waals surface area (Å²) < 4.78 is 52.1. The van der Waals surface area contributed by atoms with Gasteiger partial charge < -0.3 is 13.8 Å². The van der Waals surface area contributed by atoms with Crippen LogP contribution in [0.3, 0.4) is 0 Å². The van der Waals surface area contributed by atoms with Crippen LogP contribution in [0.15, 0.2) is 70.4 Å². The molecule has 1 aromatic carbocycles. The highest BCUT2D eigenvalue weighted by atomic mass is 19.4. The van der Waals surface area contributed by atoms with E-state index >= 15 is 0 Å². The topological polar surface area (TPSA) is 83.0 Å². The average Bonchev–Trinajstić information content (AvgIpc) is 3.29. The Morgan fingerprint density at radius 2 is 1.87 bits per heavy atom. The molecule has 5 rings (SSSR count). The van der Waals surface area contributed by atoms with Gasteiger partial charge in [0.1, 0.15) is 29.7 Å². The van der Waals surface area contributed by atoms with Gasteiger partial charge in [-0.05, 0) is 62.2 Å². The molecule has 0 saturated carbocycles. The Labute approximate surface area is 215 Å². The number of rotatable bonds is 6. The van der Waals surface area contributed by atoms with Crippen LogP contribution in [0, 0.1) is 20.8 Å². The Bertz CT molecular complexity index is 1710. The monoisotopic (exact) mass is 520 g/mol. The summed E-state index contributed by atoms with van der Waals surface area (Å²) in [6.45, 7) is 5.56. The van der Waals surface area contributed by atoms with Crippen LogP contribution in [-0.4, -0.2) is 19.7 Å². The van der Waals surface area contributed by atoms with Crippen LogP contribution in [0.2, 0.25) is 0 Å². The quantitative estimate of drug-likeness (QED) is 0.272. The van der Waals surface area contributed by atoms with Gasteiger partial charge in [-0.3, -0.25) is 9.78 Å². The van der Waals surface area contributed by atoms with Crippen molar-refractivity contribution in [3.05, 3.63) is 105 Å². The van der Waals surface area contributed by atoms with Gasteiger partial charge in [0.05, 0.1) is 17.9 Å². The Morgan fingerprint density at radius 3 is 2.61 bits per heavy atom. The summed E-state index contributed by atoms with van der Waals surface area (Å²) in [5, 5.41) is 4.85. The second kappa shape index (κ2) is 9.77. The minimum absolute atomic E-state index is 0.0824. The number of pyridine rings is 3. The van der Waals surface area contributed by atoms with E-state index in [1.54, 1.807) is 18.5 Å². The number of hydrogen-bond acceptors (Lipinski definition) is 6. The summed E-state index contributed by atoms with van der Waals surface area (Å²) in [5.74, 6) is 0.534. The maximum Gasteiger partial charge on any atom is 0.421 e. The lowest BCUT2D eigenvalue weighted by Crippen LogP contribution is -2.29. The lowest BCUT2D eigenvalue weighted by Gasteiger charge is -2.16. The third kappa shape index (κ3) is 4.77. The van der Waals surface area contributed by atoms with E-state index in [4.69, 9.17) is 14.2 Å². The smallest absolute Gasteiger partial charge is 0.421 e. The number of nitrogens with zero attached hydrogens (tertiary/aromatic N) is 4. The van der Waals surface area contributed by atoms with Crippen molar-refractivity contribution < 1.29 is 22.4 Å². The molecule has 5 aromatic rings. The number of aromatic nitrogens is 4. The number of alkyl halides is 3. The number of para-hydroxylation sites is 1. The number of halogens is 3. The Hall–Kier alpha value is -4.47. The van der Waals surface area contributed by atoms with Crippen LogP contribution in [0.4, 0.5) is 13.2 Å². The molecule has 0 amide bonds. The first-order chi connectivity index (χ1) is 18.1. The van der Waals surface area contributed by atoms with E-state index in [1.807, 2.05) is 45.0 Å². The highest BCUT2D eigenvalue weighted by Crippen LogP contribution is 2.35. The number of hydrogen-bond donors (Lipinski definition) is 0. The van der Waals surface area contributed by atoms with Gasteiger partial charge in [0.25, 0.3) is 5.56 Å². The van der Waals surface area contributed by atoms with E-state index in [1.165, 1.54) is 12.3 Å². The summed E-state index contributed by atoms with van der Waals surface area (Å²) in [4.78, 5) is 21.6. The van der Waals surface area contributed by atoms with Crippen LogP contribution in [0.25, 0.3) is 22.0 Å². The van der Waals surface area contributed by atoms with E-state index in [9.17, 15) is 18.0 Å². The number of benzene rings is 1. The van der Waals surface area contributed by atoms with Gasteiger partial charge in [0, 0.05) is 34.6 Å². The summed E-state index contributed by atoms with van der Waals surface area (Å²) in [6.07, 6.45) is -0.269.